The maximum absolute atomic E-state index is 15.3. The van der Waals surface area contributed by atoms with Crippen LogP contribution in [0.25, 0.3) is 23.0 Å². The Balaban J connectivity index is 1.33. The third-order valence-electron chi connectivity index (χ3n) is 8.33. The first-order valence-electron chi connectivity index (χ1n) is 14.0. The molecule has 2 saturated heterocycles. The van der Waals surface area contributed by atoms with Gasteiger partial charge in [0, 0.05) is 44.7 Å². The van der Waals surface area contributed by atoms with Crippen LogP contribution in [0.15, 0.2) is 22.6 Å². The molecule has 15 heteroatoms. The Morgan fingerprint density at radius 2 is 1.62 bits per heavy atom. The van der Waals surface area contributed by atoms with Crippen LogP contribution in [0.5, 0.6) is 0 Å². The molecule has 2 aliphatic heterocycles. The summed E-state index contributed by atoms with van der Waals surface area (Å²) in [7, 11) is -3.97. The Hall–Kier alpha value is -3.46. The summed E-state index contributed by atoms with van der Waals surface area (Å²) in [6, 6.07) is 4.22. The number of hydrogen-bond donors (Lipinski definition) is 2. The SMILES string of the molecule is Cc1cc(-c2nnc(-c3cc(F)c(NS(=O)(=O)CCO)cc3N3CCC4(CC3)CC4)o2)nc(N2CCC(F)(F)CC2)n1. The van der Waals surface area contributed by atoms with Crippen LogP contribution in [-0.4, -0.2) is 78.2 Å². The predicted octanol–water partition coefficient (Wildman–Crippen LogP) is 3.99. The summed E-state index contributed by atoms with van der Waals surface area (Å²) in [5.41, 5.74) is 1.85. The fourth-order valence-electron chi connectivity index (χ4n) is 5.58. The number of sulfonamides is 1. The number of aliphatic hydroxyl groups is 1. The number of halogens is 3. The molecule has 3 fully saturated rings. The Morgan fingerprint density at radius 3 is 2.29 bits per heavy atom. The van der Waals surface area contributed by atoms with E-state index in [1.807, 2.05) is 0 Å². The van der Waals surface area contributed by atoms with E-state index >= 15 is 4.39 Å². The van der Waals surface area contributed by atoms with E-state index in [4.69, 9.17) is 9.52 Å². The first kappa shape index (κ1) is 28.6. The topological polar surface area (TPSA) is 138 Å². The lowest BCUT2D eigenvalue weighted by Gasteiger charge is -2.35. The minimum Gasteiger partial charge on any atom is -0.415 e. The lowest BCUT2D eigenvalue weighted by Crippen LogP contribution is -2.40. The molecule has 6 rings (SSSR count). The van der Waals surface area contributed by atoms with E-state index in [0.29, 0.717) is 41.1 Å². The van der Waals surface area contributed by atoms with Gasteiger partial charge in [-0.1, -0.05) is 0 Å². The van der Waals surface area contributed by atoms with Gasteiger partial charge < -0.3 is 19.3 Å². The van der Waals surface area contributed by atoms with Crippen LogP contribution in [0.2, 0.25) is 0 Å². The largest absolute Gasteiger partial charge is 0.415 e. The fraction of sp³-hybridized carbons (Fsp3) is 0.556. The van der Waals surface area contributed by atoms with Gasteiger partial charge in [0.1, 0.15) is 11.5 Å². The molecular weight excluding hydrogens is 575 g/mol. The summed E-state index contributed by atoms with van der Waals surface area (Å²) in [6.45, 7) is 2.77. The van der Waals surface area contributed by atoms with Gasteiger partial charge in [-0.15, -0.1) is 10.2 Å². The Kier molecular flexibility index (Phi) is 7.28. The second kappa shape index (κ2) is 10.7. The van der Waals surface area contributed by atoms with E-state index in [9.17, 15) is 17.2 Å². The minimum absolute atomic E-state index is 0.0193. The molecule has 0 unspecified atom stereocenters. The number of rotatable bonds is 8. The monoisotopic (exact) mass is 607 g/mol. The standard InChI is InChI=1S/C27H32F3N7O4S/c1-17-14-21(32-25(31-17)37-10-6-27(29,30)7-11-37)24-34-33-23(41-24)18-15-19(28)20(35-42(39,40)13-12-38)16-22(18)36-8-4-26(2-3-26)5-9-36/h14-16,35,38H,2-13H2,1H3. The zero-order valence-corrected chi connectivity index (χ0v) is 23.9. The van der Waals surface area contributed by atoms with Crippen molar-refractivity contribution in [2.24, 2.45) is 5.41 Å². The van der Waals surface area contributed by atoms with Crippen molar-refractivity contribution in [3.8, 4) is 23.0 Å². The van der Waals surface area contributed by atoms with Crippen molar-refractivity contribution in [1.29, 1.82) is 0 Å². The quantitative estimate of drug-likeness (QED) is 0.387. The van der Waals surface area contributed by atoms with E-state index < -0.39 is 34.1 Å². The molecule has 42 heavy (non-hydrogen) atoms. The van der Waals surface area contributed by atoms with Crippen LogP contribution in [0.3, 0.4) is 0 Å². The molecule has 1 saturated carbocycles. The zero-order valence-electron chi connectivity index (χ0n) is 23.1. The lowest BCUT2D eigenvalue weighted by atomic mass is 9.93. The van der Waals surface area contributed by atoms with Gasteiger partial charge >= 0.3 is 0 Å². The minimum atomic E-state index is -3.97. The van der Waals surface area contributed by atoms with Crippen molar-refractivity contribution >= 4 is 27.3 Å². The van der Waals surface area contributed by atoms with Crippen LogP contribution in [0.1, 0.15) is 44.2 Å². The average Bonchev–Trinajstić information content (AvgIpc) is 3.49. The van der Waals surface area contributed by atoms with Crippen molar-refractivity contribution in [2.45, 2.75) is 51.4 Å². The summed E-state index contributed by atoms with van der Waals surface area (Å²) in [4.78, 5) is 12.7. The highest BCUT2D eigenvalue weighted by molar-refractivity contribution is 7.92. The summed E-state index contributed by atoms with van der Waals surface area (Å²) in [5.74, 6) is -3.76. The molecule has 3 aromatic rings. The van der Waals surface area contributed by atoms with Gasteiger partial charge in [-0.05, 0) is 56.2 Å². The van der Waals surface area contributed by atoms with Crippen molar-refractivity contribution in [3.63, 3.8) is 0 Å². The van der Waals surface area contributed by atoms with E-state index in [0.717, 1.165) is 18.9 Å². The number of hydrogen-bond acceptors (Lipinski definition) is 10. The van der Waals surface area contributed by atoms with Gasteiger partial charge in [0.2, 0.25) is 21.9 Å². The van der Waals surface area contributed by atoms with E-state index in [2.05, 4.69) is 29.8 Å². The van der Waals surface area contributed by atoms with Crippen LogP contribution in [0.4, 0.5) is 30.5 Å². The number of benzene rings is 1. The molecule has 11 nitrogen and oxygen atoms in total. The van der Waals surface area contributed by atoms with E-state index in [-0.39, 0.29) is 49.3 Å². The molecule has 0 radical (unpaired) electrons. The molecule has 3 aliphatic rings. The first-order chi connectivity index (χ1) is 19.9. The van der Waals surface area contributed by atoms with Crippen molar-refractivity contribution < 1.29 is 31.1 Å². The number of aromatic nitrogens is 4. The predicted molar refractivity (Wildman–Crippen MR) is 149 cm³/mol. The van der Waals surface area contributed by atoms with Crippen molar-refractivity contribution in [2.75, 3.05) is 53.1 Å². The maximum atomic E-state index is 15.3. The third-order valence-corrected chi connectivity index (χ3v) is 9.58. The van der Waals surface area contributed by atoms with Gasteiger partial charge in [-0.25, -0.2) is 31.6 Å². The summed E-state index contributed by atoms with van der Waals surface area (Å²) < 4.78 is 75.5. The number of nitrogens with zero attached hydrogens (tertiary/aromatic N) is 6. The highest BCUT2D eigenvalue weighted by atomic mass is 32.2. The summed E-state index contributed by atoms with van der Waals surface area (Å²) >= 11 is 0. The lowest BCUT2D eigenvalue weighted by molar-refractivity contribution is -0.0222. The van der Waals surface area contributed by atoms with Crippen molar-refractivity contribution in [1.82, 2.24) is 20.2 Å². The number of alkyl halides is 2. The van der Waals surface area contributed by atoms with Crippen LogP contribution in [-0.2, 0) is 10.0 Å². The summed E-state index contributed by atoms with van der Waals surface area (Å²) in [6.07, 6.45) is 3.74. The normalized spacial score (nSPS) is 19.7. The number of nitrogens with one attached hydrogen (secondary N) is 1. The number of anilines is 3. The average molecular weight is 608 g/mol. The molecule has 4 heterocycles. The van der Waals surface area contributed by atoms with Gasteiger partial charge in [0.05, 0.1) is 29.3 Å². The third kappa shape index (κ3) is 6.02. The maximum Gasteiger partial charge on any atom is 0.266 e. The molecule has 226 valence electrons. The molecule has 2 aromatic heterocycles. The number of piperidine rings is 2. The van der Waals surface area contributed by atoms with Gasteiger partial charge in [0.15, 0.2) is 0 Å². The second-order valence-corrected chi connectivity index (χ2v) is 13.3. The molecule has 0 bridgehead atoms. The Morgan fingerprint density at radius 1 is 0.952 bits per heavy atom. The number of aliphatic hydroxyl groups excluding tert-OH is 1. The molecule has 0 amide bonds. The molecule has 1 aromatic carbocycles. The van der Waals surface area contributed by atoms with Crippen LogP contribution in [0, 0.1) is 18.2 Å². The Labute approximate surface area is 241 Å². The van der Waals surface area contributed by atoms with Gasteiger partial charge in [0.25, 0.3) is 11.8 Å². The molecule has 1 spiro atoms. The summed E-state index contributed by atoms with van der Waals surface area (Å²) in [5, 5.41) is 17.4. The number of aryl methyl sites for hydroxylation is 1. The second-order valence-electron chi connectivity index (χ2n) is 11.4. The van der Waals surface area contributed by atoms with Gasteiger partial charge in [-0.3, -0.25) is 4.72 Å². The molecular formula is C27H32F3N7O4S. The Bertz CT molecular complexity index is 1580. The van der Waals surface area contributed by atoms with E-state index in [1.54, 1.807) is 17.9 Å². The van der Waals surface area contributed by atoms with Crippen LogP contribution < -0.4 is 14.5 Å². The fourth-order valence-corrected chi connectivity index (χ4v) is 6.42. The molecule has 2 N–H and O–H groups in total. The highest BCUT2D eigenvalue weighted by Gasteiger charge is 2.45. The smallest absolute Gasteiger partial charge is 0.266 e. The molecule has 0 atom stereocenters. The van der Waals surface area contributed by atoms with E-state index in [1.165, 1.54) is 18.9 Å². The van der Waals surface area contributed by atoms with Crippen LogP contribution >= 0.6 is 0 Å². The van der Waals surface area contributed by atoms with Crippen molar-refractivity contribution in [3.05, 3.63) is 29.7 Å². The molecule has 1 aliphatic carbocycles. The zero-order chi connectivity index (χ0) is 29.7. The highest BCUT2D eigenvalue weighted by Crippen LogP contribution is 2.54. The first-order valence-corrected chi connectivity index (χ1v) is 15.6. The van der Waals surface area contributed by atoms with Gasteiger partial charge in [-0.2, -0.15) is 0 Å².